The number of ether oxygens (including phenoxy) is 2. The Balaban J connectivity index is 4.26. The van der Waals surface area contributed by atoms with Gasteiger partial charge < -0.3 is 9.47 Å². The monoisotopic (exact) mass is 244 g/mol. The molecule has 1 unspecified atom stereocenters. The van der Waals surface area contributed by atoms with Gasteiger partial charge in [0.25, 0.3) is 0 Å². The summed E-state index contributed by atoms with van der Waals surface area (Å²) in [6.07, 6.45) is 2.16. The van der Waals surface area contributed by atoms with Crippen molar-refractivity contribution >= 4 is 5.97 Å². The molecule has 0 aliphatic rings. The van der Waals surface area contributed by atoms with Crippen LogP contribution in [0, 0.1) is 0 Å². The lowest BCUT2D eigenvalue weighted by Gasteiger charge is -2.33. The molecule has 0 fully saturated rings. The number of hydrogen-bond donors (Lipinski definition) is 0. The van der Waals surface area contributed by atoms with Gasteiger partial charge >= 0.3 is 5.97 Å². The minimum atomic E-state index is -0.462. The van der Waals surface area contributed by atoms with Crippen LogP contribution in [0.1, 0.15) is 67.7 Å². The topological polar surface area (TPSA) is 35.5 Å². The molecular weight excluding hydrogens is 216 g/mol. The van der Waals surface area contributed by atoms with Crippen molar-refractivity contribution in [3.05, 3.63) is 0 Å². The lowest BCUT2D eigenvalue weighted by atomic mass is 9.99. The highest BCUT2D eigenvalue weighted by Gasteiger charge is 2.28. The van der Waals surface area contributed by atoms with E-state index in [1.807, 2.05) is 20.8 Å². The SMILES string of the molecule is CCC(=O)OC(C)(C)CC(C)OC(C)(C)CC. The minimum Gasteiger partial charge on any atom is -0.460 e. The van der Waals surface area contributed by atoms with E-state index in [9.17, 15) is 4.79 Å². The molecule has 0 amide bonds. The number of carbonyl (C=O) groups excluding carboxylic acids is 1. The summed E-state index contributed by atoms with van der Waals surface area (Å²) in [5, 5.41) is 0. The van der Waals surface area contributed by atoms with Crippen molar-refractivity contribution in [2.75, 3.05) is 0 Å². The van der Waals surface area contributed by atoms with Crippen LogP contribution in [-0.4, -0.2) is 23.3 Å². The van der Waals surface area contributed by atoms with Crippen LogP contribution >= 0.6 is 0 Å². The van der Waals surface area contributed by atoms with Crippen LogP contribution in [0.4, 0.5) is 0 Å². The summed E-state index contributed by atoms with van der Waals surface area (Å²) >= 11 is 0. The van der Waals surface area contributed by atoms with Crippen molar-refractivity contribution in [3.63, 3.8) is 0 Å². The summed E-state index contributed by atoms with van der Waals surface area (Å²) < 4.78 is 11.3. The molecule has 3 nitrogen and oxygen atoms in total. The normalized spacial score (nSPS) is 14.5. The summed E-state index contributed by atoms with van der Waals surface area (Å²) in [4.78, 5) is 11.3. The van der Waals surface area contributed by atoms with Gasteiger partial charge in [-0.15, -0.1) is 0 Å². The Morgan fingerprint density at radius 3 is 2.06 bits per heavy atom. The molecule has 0 aromatic heterocycles. The molecule has 0 aliphatic heterocycles. The molecule has 0 radical (unpaired) electrons. The van der Waals surface area contributed by atoms with Crippen molar-refractivity contribution in [3.8, 4) is 0 Å². The van der Waals surface area contributed by atoms with Gasteiger partial charge in [-0.2, -0.15) is 0 Å². The van der Waals surface area contributed by atoms with Gasteiger partial charge in [-0.3, -0.25) is 4.79 Å². The maximum atomic E-state index is 11.3. The lowest BCUT2D eigenvalue weighted by Crippen LogP contribution is -2.36. The average Bonchev–Trinajstić information content (AvgIpc) is 2.14. The number of rotatable bonds is 7. The Morgan fingerprint density at radius 2 is 1.65 bits per heavy atom. The first kappa shape index (κ1) is 16.4. The smallest absolute Gasteiger partial charge is 0.306 e. The molecule has 0 rings (SSSR count). The number of carbonyl (C=O) groups is 1. The van der Waals surface area contributed by atoms with E-state index in [1.54, 1.807) is 6.92 Å². The van der Waals surface area contributed by atoms with E-state index < -0.39 is 5.60 Å². The molecule has 0 aliphatic carbocycles. The van der Waals surface area contributed by atoms with E-state index in [0.717, 1.165) is 6.42 Å². The van der Waals surface area contributed by atoms with Crippen molar-refractivity contribution in [2.45, 2.75) is 85.0 Å². The Kier molecular flexibility index (Phi) is 6.17. The first-order chi connectivity index (χ1) is 7.62. The molecule has 0 bridgehead atoms. The van der Waals surface area contributed by atoms with Gasteiger partial charge in [0.1, 0.15) is 5.60 Å². The van der Waals surface area contributed by atoms with Crippen molar-refractivity contribution in [2.24, 2.45) is 0 Å². The molecule has 0 spiro atoms. The van der Waals surface area contributed by atoms with Crippen LogP contribution < -0.4 is 0 Å². The molecule has 102 valence electrons. The molecule has 3 heteroatoms. The third kappa shape index (κ3) is 7.37. The van der Waals surface area contributed by atoms with Crippen molar-refractivity contribution in [1.82, 2.24) is 0 Å². The Morgan fingerprint density at radius 1 is 1.12 bits per heavy atom. The Bertz CT molecular complexity index is 244. The highest BCUT2D eigenvalue weighted by Crippen LogP contribution is 2.24. The van der Waals surface area contributed by atoms with Gasteiger partial charge in [0.2, 0.25) is 0 Å². The average molecular weight is 244 g/mol. The van der Waals surface area contributed by atoms with E-state index in [-0.39, 0.29) is 17.7 Å². The number of hydrogen-bond acceptors (Lipinski definition) is 3. The zero-order valence-corrected chi connectivity index (χ0v) is 12.4. The van der Waals surface area contributed by atoms with Crippen LogP contribution in [0.15, 0.2) is 0 Å². The van der Waals surface area contributed by atoms with Gasteiger partial charge in [-0.05, 0) is 41.0 Å². The summed E-state index contributed by atoms with van der Waals surface area (Å²) in [6, 6.07) is 0. The largest absolute Gasteiger partial charge is 0.460 e. The summed E-state index contributed by atoms with van der Waals surface area (Å²) in [5.74, 6) is -0.156. The standard InChI is InChI=1S/C14H28O3/c1-8-12(15)17-14(6,7)10-11(3)16-13(4,5)9-2/h11H,8-10H2,1-7H3. The Labute approximate surface area is 106 Å². The molecule has 1 atom stereocenters. The summed E-state index contributed by atoms with van der Waals surface area (Å²) in [6.45, 7) is 14.0. The fraction of sp³-hybridized carbons (Fsp3) is 0.929. The maximum Gasteiger partial charge on any atom is 0.306 e. The summed E-state index contributed by atoms with van der Waals surface area (Å²) in [5.41, 5.74) is -0.583. The fourth-order valence-corrected chi connectivity index (χ4v) is 1.78. The quantitative estimate of drug-likeness (QED) is 0.640. The van der Waals surface area contributed by atoms with E-state index in [0.29, 0.717) is 12.8 Å². The van der Waals surface area contributed by atoms with Crippen LogP contribution in [0.25, 0.3) is 0 Å². The third-order valence-corrected chi connectivity index (χ3v) is 2.83. The zero-order chi connectivity index (χ0) is 13.7. The zero-order valence-electron chi connectivity index (χ0n) is 12.4. The number of esters is 1. The van der Waals surface area contributed by atoms with E-state index in [4.69, 9.17) is 9.47 Å². The Hall–Kier alpha value is -0.570. The van der Waals surface area contributed by atoms with Crippen molar-refractivity contribution < 1.29 is 14.3 Å². The molecule has 0 heterocycles. The van der Waals surface area contributed by atoms with Gasteiger partial charge in [-0.1, -0.05) is 13.8 Å². The maximum absolute atomic E-state index is 11.3. The second-order valence-electron chi connectivity index (χ2n) is 5.83. The van der Waals surface area contributed by atoms with Crippen LogP contribution in [0.2, 0.25) is 0 Å². The highest BCUT2D eigenvalue weighted by molar-refractivity contribution is 5.69. The molecular formula is C14H28O3. The second-order valence-corrected chi connectivity index (χ2v) is 5.83. The molecule has 0 saturated carbocycles. The molecule has 17 heavy (non-hydrogen) atoms. The van der Waals surface area contributed by atoms with E-state index in [1.165, 1.54) is 0 Å². The first-order valence-electron chi connectivity index (χ1n) is 6.51. The van der Waals surface area contributed by atoms with Gasteiger partial charge in [0, 0.05) is 12.8 Å². The van der Waals surface area contributed by atoms with Crippen molar-refractivity contribution in [1.29, 1.82) is 0 Å². The lowest BCUT2D eigenvalue weighted by molar-refractivity contribution is -0.162. The fourth-order valence-electron chi connectivity index (χ4n) is 1.78. The highest BCUT2D eigenvalue weighted by atomic mass is 16.6. The van der Waals surface area contributed by atoms with E-state index >= 15 is 0 Å². The minimum absolute atomic E-state index is 0.0737. The van der Waals surface area contributed by atoms with Gasteiger partial charge in [-0.25, -0.2) is 0 Å². The second kappa shape index (κ2) is 6.39. The van der Waals surface area contributed by atoms with E-state index in [2.05, 4.69) is 20.8 Å². The van der Waals surface area contributed by atoms with Gasteiger partial charge in [0.05, 0.1) is 11.7 Å². The van der Waals surface area contributed by atoms with Gasteiger partial charge in [0.15, 0.2) is 0 Å². The molecule has 0 N–H and O–H groups in total. The molecule has 0 aromatic rings. The third-order valence-electron chi connectivity index (χ3n) is 2.83. The van der Waals surface area contributed by atoms with Crippen LogP contribution in [0.3, 0.4) is 0 Å². The predicted octanol–water partition coefficient (Wildman–Crippen LogP) is 3.70. The molecule has 0 aromatic carbocycles. The van der Waals surface area contributed by atoms with Crippen LogP contribution in [-0.2, 0) is 14.3 Å². The summed E-state index contributed by atoms with van der Waals surface area (Å²) in [7, 11) is 0. The first-order valence-corrected chi connectivity index (χ1v) is 6.51. The predicted molar refractivity (Wildman–Crippen MR) is 70.0 cm³/mol. The molecule has 0 saturated heterocycles. The van der Waals surface area contributed by atoms with Crippen LogP contribution in [0.5, 0.6) is 0 Å².